The molecule has 1 heterocycles. The van der Waals surface area contributed by atoms with Gasteiger partial charge in [-0.15, -0.1) is 6.58 Å². The molecule has 0 fully saturated rings. The molecule has 0 N–H and O–H groups in total. The molecule has 3 nitrogen and oxygen atoms in total. The van der Waals surface area contributed by atoms with Gasteiger partial charge in [-0.05, 0) is 36.6 Å². The van der Waals surface area contributed by atoms with Crippen molar-refractivity contribution in [3.8, 4) is 5.75 Å². The average Bonchev–Trinajstić information content (AvgIpc) is 3.13. The molecule has 0 aliphatic rings. The van der Waals surface area contributed by atoms with E-state index in [1.165, 1.54) is 62.4 Å². The predicted octanol–water partition coefficient (Wildman–Crippen LogP) is 7.48. The van der Waals surface area contributed by atoms with Crippen LogP contribution in [0.5, 0.6) is 5.75 Å². The number of benzene rings is 2. The minimum atomic E-state index is 0.486. The van der Waals surface area contributed by atoms with E-state index in [1.54, 1.807) is 0 Å². The van der Waals surface area contributed by atoms with Gasteiger partial charge in [-0.2, -0.15) is 0 Å². The van der Waals surface area contributed by atoms with Crippen molar-refractivity contribution in [2.45, 2.75) is 77.9 Å². The van der Waals surface area contributed by atoms with E-state index in [2.05, 4.69) is 48.4 Å². The van der Waals surface area contributed by atoms with Gasteiger partial charge in [0.15, 0.2) is 0 Å². The van der Waals surface area contributed by atoms with E-state index < -0.39 is 0 Å². The zero-order valence-corrected chi connectivity index (χ0v) is 18.5. The van der Waals surface area contributed by atoms with Crippen LogP contribution < -0.4 is 4.74 Å². The van der Waals surface area contributed by atoms with E-state index in [-0.39, 0.29) is 0 Å². The van der Waals surface area contributed by atoms with Crippen LogP contribution in [-0.2, 0) is 19.6 Å². The number of rotatable bonds is 14. The second-order valence-corrected chi connectivity index (χ2v) is 8.03. The highest BCUT2D eigenvalue weighted by Gasteiger charge is 2.12. The van der Waals surface area contributed by atoms with E-state index in [1.807, 2.05) is 24.3 Å². The van der Waals surface area contributed by atoms with Crippen LogP contribution in [0, 0.1) is 0 Å². The topological polar surface area (TPSA) is 27.1 Å². The summed E-state index contributed by atoms with van der Waals surface area (Å²) in [5, 5.41) is 0. The van der Waals surface area contributed by atoms with Gasteiger partial charge in [-0.3, -0.25) is 0 Å². The highest BCUT2D eigenvalue weighted by Crippen LogP contribution is 2.22. The van der Waals surface area contributed by atoms with E-state index in [9.17, 15) is 0 Å². The van der Waals surface area contributed by atoms with Crippen LogP contribution in [0.1, 0.15) is 69.7 Å². The second kappa shape index (κ2) is 12.2. The Kier molecular flexibility index (Phi) is 9.02. The Balaban J connectivity index is 1.61. The van der Waals surface area contributed by atoms with Gasteiger partial charge in [-0.1, -0.05) is 88.3 Å². The summed E-state index contributed by atoms with van der Waals surface area (Å²) in [6, 6.07) is 16.6. The molecule has 2 aromatic carbocycles. The van der Waals surface area contributed by atoms with Crippen molar-refractivity contribution in [1.82, 2.24) is 9.55 Å². The van der Waals surface area contributed by atoms with E-state index in [4.69, 9.17) is 9.72 Å². The van der Waals surface area contributed by atoms with Crippen molar-refractivity contribution in [2.75, 3.05) is 0 Å². The minimum absolute atomic E-state index is 0.486. The van der Waals surface area contributed by atoms with Crippen LogP contribution in [0.4, 0.5) is 0 Å². The summed E-state index contributed by atoms with van der Waals surface area (Å²) in [5.74, 6) is 1.93. The molecule has 3 heteroatoms. The fourth-order valence-corrected chi connectivity index (χ4v) is 4.00. The van der Waals surface area contributed by atoms with E-state index in [0.29, 0.717) is 6.61 Å². The second-order valence-electron chi connectivity index (χ2n) is 8.03. The summed E-state index contributed by atoms with van der Waals surface area (Å²) in [4.78, 5) is 4.87. The number of unbranched alkanes of at least 4 members (excludes halogenated alkanes) is 7. The number of aromatic nitrogens is 2. The molecule has 30 heavy (non-hydrogen) atoms. The summed E-state index contributed by atoms with van der Waals surface area (Å²) in [6.07, 6.45) is 13.3. The van der Waals surface area contributed by atoms with Crippen LogP contribution in [0.25, 0.3) is 11.0 Å². The molecule has 3 aromatic rings. The van der Waals surface area contributed by atoms with E-state index in [0.717, 1.165) is 30.1 Å². The SMILES string of the molecule is C=CCc1ccccc1OCc1nc2ccccc2n1CCCCCCCCCC. The molecule has 3 rings (SSSR count). The standard InChI is InChI=1S/C27H36N2O/c1-3-5-6-7-8-9-10-15-21-29-25-19-13-12-18-24(25)28-27(29)22-30-26-20-14-11-17-23(26)16-4-2/h4,11-14,17-20H,2-3,5-10,15-16,21-22H2,1H3. The zero-order chi connectivity index (χ0) is 21.0. The van der Waals surface area contributed by atoms with Crippen molar-refractivity contribution in [1.29, 1.82) is 0 Å². The van der Waals surface area contributed by atoms with Crippen molar-refractivity contribution < 1.29 is 4.74 Å². The van der Waals surface area contributed by atoms with Crippen LogP contribution in [0.15, 0.2) is 61.2 Å². The maximum atomic E-state index is 6.20. The molecule has 0 unspecified atom stereocenters. The number of ether oxygens (including phenoxy) is 1. The lowest BCUT2D eigenvalue weighted by molar-refractivity contribution is 0.287. The van der Waals surface area contributed by atoms with Gasteiger partial charge in [0.2, 0.25) is 0 Å². The fraction of sp³-hybridized carbons (Fsp3) is 0.444. The highest BCUT2D eigenvalue weighted by atomic mass is 16.5. The summed E-state index contributed by atoms with van der Waals surface area (Å²) < 4.78 is 8.55. The molecule has 0 atom stereocenters. The summed E-state index contributed by atoms with van der Waals surface area (Å²) in [7, 11) is 0. The summed E-state index contributed by atoms with van der Waals surface area (Å²) in [5.41, 5.74) is 3.42. The lowest BCUT2D eigenvalue weighted by Crippen LogP contribution is -2.08. The zero-order valence-electron chi connectivity index (χ0n) is 18.5. The third-order valence-electron chi connectivity index (χ3n) is 5.66. The third-order valence-corrected chi connectivity index (χ3v) is 5.66. The van der Waals surface area contributed by atoms with Gasteiger partial charge in [0.05, 0.1) is 11.0 Å². The molecule has 0 radical (unpaired) electrons. The van der Waals surface area contributed by atoms with Gasteiger partial charge in [0.25, 0.3) is 0 Å². The average molecular weight is 405 g/mol. The van der Waals surface area contributed by atoms with Crippen LogP contribution >= 0.6 is 0 Å². The monoisotopic (exact) mass is 404 g/mol. The Bertz CT molecular complexity index is 912. The van der Waals surface area contributed by atoms with Crippen LogP contribution in [0.2, 0.25) is 0 Å². The highest BCUT2D eigenvalue weighted by molar-refractivity contribution is 5.75. The van der Waals surface area contributed by atoms with Gasteiger partial charge in [0, 0.05) is 6.54 Å². The minimum Gasteiger partial charge on any atom is -0.485 e. The first-order valence-electron chi connectivity index (χ1n) is 11.6. The van der Waals surface area contributed by atoms with Gasteiger partial charge >= 0.3 is 0 Å². The Morgan fingerprint density at radius 3 is 2.40 bits per heavy atom. The Labute approximate surface area is 181 Å². The van der Waals surface area contributed by atoms with Gasteiger partial charge in [-0.25, -0.2) is 4.98 Å². The lowest BCUT2D eigenvalue weighted by atomic mass is 10.1. The van der Waals surface area contributed by atoms with Crippen molar-refractivity contribution >= 4 is 11.0 Å². The number of fused-ring (bicyclic) bond motifs is 1. The smallest absolute Gasteiger partial charge is 0.147 e. The predicted molar refractivity (Wildman–Crippen MR) is 127 cm³/mol. The number of para-hydroxylation sites is 3. The molecule has 0 aliphatic heterocycles. The van der Waals surface area contributed by atoms with Crippen molar-refractivity contribution in [2.24, 2.45) is 0 Å². The van der Waals surface area contributed by atoms with Crippen molar-refractivity contribution in [3.05, 3.63) is 72.6 Å². The maximum Gasteiger partial charge on any atom is 0.147 e. The first-order valence-corrected chi connectivity index (χ1v) is 11.6. The number of allylic oxidation sites excluding steroid dienone is 1. The molecular formula is C27H36N2O. The normalized spacial score (nSPS) is 11.1. The van der Waals surface area contributed by atoms with Crippen molar-refractivity contribution in [3.63, 3.8) is 0 Å². The molecular weight excluding hydrogens is 368 g/mol. The molecule has 0 aliphatic carbocycles. The largest absolute Gasteiger partial charge is 0.485 e. The summed E-state index contributed by atoms with van der Waals surface area (Å²) >= 11 is 0. The molecule has 160 valence electrons. The third kappa shape index (κ3) is 6.22. The first-order chi connectivity index (χ1) is 14.8. The Morgan fingerprint density at radius 2 is 1.60 bits per heavy atom. The molecule has 0 saturated heterocycles. The quantitative estimate of drug-likeness (QED) is 0.206. The molecule has 1 aromatic heterocycles. The van der Waals surface area contributed by atoms with Gasteiger partial charge in [0.1, 0.15) is 18.2 Å². The van der Waals surface area contributed by atoms with E-state index >= 15 is 0 Å². The molecule has 0 saturated carbocycles. The van der Waals surface area contributed by atoms with Crippen LogP contribution in [0.3, 0.4) is 0 Å². The lowest BCUT2D eigenvalue weighted by Gasteiger charge is -2.12. The maximum absolute atomic E-state index is 6.20. The molecule has 0 bridgehead atoms. The number of imidazole rings is 1. The molecule has 0 amide bonds. The fourth-order valence-electron chi connectivity index (χ4n) is 4.00. The Morgan fingerprint density at radius 1 is 0.900 bits per heavy atom. The molecule has 0 spiro atoms. The Hall–Kier alpha value is -2.55. The number of hydrogen-bond donors (Lipinski definition) is 0. The number of hydrogen-bond acceptors (Lipinski definition) is 2. The summed E-state index contributed by atoms with van der Waals surface area (Å²) in [6.45, 7) is 7.62. The van der Waals surface area contributed by atoms with Gasteiger partial charge < -0.3 is 9.30 Å². The van der Waals surface area contributed by atoms with Crippen LogP contribution in [-0.4, -0.2) is 9.55 Å². The first kappa shape index (κ1) is 22.1. The number of aryl methyl sites for hydroxylation is 1. The number of nitrogens with zero attached hydrogens (tertiary/aromatic N) is 2.